The second kappa shape index (κ2) is 6.22. The number of aliphatic hydroxyl groups is 1. The summed E-state index contributed by atoms with van der Waals surface area (Å²) in [4.78, 5) is 7.23. The van der Waals surface area contributed by atoms with Crippen molar-refractivity contribution in [3.63, 3.8) is 0 Å². The highest BCUT2D eigenvalue weighted by molar-refractivity contribution is 5.03. The van der Waals surface area contributed by atoms with E-state index in [1.807, 2.05) is 4.68 Å². The minimum atomic E-state index is 0.201. The largest absolute Gasteiger partial charge is 0.396 e. The Labute approximate surface area is 121 Å². The summed E-state index contributed by atoms with van der Waals surface area (Å²) >= 11 is 0. The molecule has 1 saturated heterocycles. The number of fused-ring (bicyclic) bond motifs is 1. The molecular weight excluding hydrogens is 252 g/mol. The zero-order valence-electron chi connectivity index (χ0n) is 12.5. The van der Waals surface area contributed by atoms with Crippen molar-refractivity contribution >= 4 is 0 Å². The van der Waals surface area contributed by atoms with Gasteiger partial charge in [0, 0.05) is 18.9 Å². The lowest BCUT2D eigenvalue weighted by Gasteiger charge is -2.30. The highest BCUT2D eigenvalue weighted by Crippen LogP contribution is 2.26. The van der Waals surface area contributed by atoms with E-state index in [0.29, 0.717) is 0 Å². The molecule has 1 N–H and O–H groups in total. The summed E-state index contributed by atoms with van der Waals surface area (Å²) in [6.07, 6.45) is 5.69. The molecule has 1 aromatic heterocycles. The molecule has 0 aliphatic carbocycles. The van der Waals surface area contributed by atoms with Gasteiger partial charge in [0.1, 0.15) is 5.82 Å². The van der Waals surface area contributed by atoms with Crippen LogP contribution < -0.4 is 0 Å². The van der Waals surface area contributed by atoms with Crippen LogP contribution in [0.5, 0.6) is 0 Å². The quantitative estimate of drug-likeness (QED) is 0.905. The number of piperidine rings is 1. The standard InChI is InChI=1S/C15H26N4O/c1-2-18-8-5-12(6-9-18)10-14-16-15-13(11-20)4-3-7-19(15)17-14/h12-13,20H,2-11H2,1H3. The van der Waals surface area contributed by atoms with Crippen molar-refractivity contribution in [3.05, 3.63) is 11.6 Å². The lowest BCUT2D eigenvalue weighted by molar-refractivity contribution is 0.191. The van der Waals surface area contributed by atoms with Gasteiger partial charge in [0.25, 0.3) is 0 Å². The summed E-state index contributed by atoms with van der Waals surface area (Å²) in [7, 11) is 0. The number of aromatic nitrogens is 3. The van der Waals surface area contributed by atoms with E-state index in [4.69, 9.17) is 4.98 Å². The fourth-order valence-electron chi connectivity index (χ4n) is 3.51. The van der Waals surface area contributed by atoms with Gasteiger partial charge in [0.05, 0.1) is 6.61 Å². The van der Waals surface area contributed by atoms with Crippen LogP contribution in [0.15, 0.2) is 0 Å². The molecule has 0 saturated carbocycles. The number of aryl methyl sites for hydroxylation is 1. The first-order chi connectivity index (χ1) is 9.80. The molecule has 3 heterocycles. The van der Waals surface area contributed by atoms with E-state index in [9.17, 15) is 5.11 Å². The molecule has 1 aromatic rings. The van der Waals surface area contributed by atoms with Crippen LogP contribution in [0.2, 0.25) is 0 Å². The van der Waals surface area contributed by atoms with Gasteiger partial charge < -0.3 is 10.0 Å². The maximum absolute atomic E-state index is 9.44. The van der Waals surface area contributed by atoms with E-state index in [1.165, 1.54) is 32.5 Å². The van der Waals surface area contributed by atoms with Crippen LogP contribution >= 0.6 is 0 Å². The lowest BCUT2D eigenvalue weighted by atomic mass is 9.93. The molecule has 1 unspecified atom stereocenters. The SMILES string of the molecule is CCN1CCC(Cc2nc3n(n2)CCCC3CO)CC1. The molecule has 2 aliphatic heterocycles. The predicted molar refractivity (Wildman–Crippen MR) is 77.6 cm³/mol. The third-order valence-corrected chi connectivity index (χ3v) is 4.88. The molecule has 5 heteroatoms. The highest BCUT2D eigenvalue weighted by Gasteiger charge is 2.25. The molecule has 1 fully saturated rings. The zero-order valence-corrected chi connectivity index (χ0v) is 12.5. The number of hydrogen-bond donors (Lipinski definition) is 1. The van der Waals surface area contributed by atoms with Gasteiger partial charge in [-0.25, -0.2) is 9.67 Å². The Morgan fingerprint density at radius 2 is 2.00 bits per heavy atom. The molecule has 0 spiro atoms. The molecule has 20 heavy (non-hydrogen) atoms. The van der Waals surface area contributed by atoms with Crippen LogP contribution in [0.3, 0.4) is 0 Å². The Hall–Kier alpha value is -0.940. The number of nitrogens with zero attached hydrogens (tertiary/aromatic N) is 4. The Morgan fingerprint density at radius 3 is 2.70 bits per heavy atom. The van der Waals surface area contributed by atoms with E-state index in [0.717, 1.165) is 43.4 Å². The first-order valence-electron chi connectivity index (χ1n) is 8.07. The van der Waals surface area contributed by atoms with Crippen LogP contribution in [0.25, 0.3) is 0 Å². The van der Waals surface area contributed by atoms with Crippen LogP contribution in [-0.4, -0.2) is 51.0 Å². The average Bonchev–Trinajstić information content (AvgIpc) is 2.90. The van der Waals surface area contributed by atoms with Crippen LogP contribution in [-0.2, 0) is 13.0 Å². The average molecular weight is 278 g/mol. The second-order valence-corrected chi connectivity index (χ2v) is 6.21. The fourth-order valence-corrected chi connectivity index (χ4v) is 3.51. The van der Waals surface area contributed by atoms with Crippen molar-refractivity contribution in [2.75, 3.05) is 26.2 Å². The van der Waals surface area contributed by atoms with Crippen molar-refractivity contribution in [1.82, 2.24) is 19.7 Å². The Bertz CT molecular complexity index is 437. The number of hydrogen-bond acceptors (Lipinski definition) is 4. The fraction of sp³-hybridized carbons (Fsp3) is 0.867. The first-order valence-corrected chi connectivity index (χ1v) is 8.07. The maximum Gasteiger partial charge on any atom is 0.151 e. The van der Waals surface area contributed by atoms with E-state index in [-0.39, 0.29) is 12.5 Å². The van der Waals surface area contributed by atoms with Gasteiger partial charge in [0.15, 0.2) is 5.82 Å². The highest BCUT2D eigenvalue weighted by atomic mass is 16.3. The summed E-state index contributed by atoms with van der Waals surface area (Å²) in [5.74, 6) is 2.94. The molecule has 5 nitrogen and oxygen atoms in total. The summed E-state index contributed by atoms with van der Waals surface area (Å²) in [6, 6.07) is 0. The van der Waals surface area contributed by atoms with Gasteiger partial charge in [-0.3, -0.25) is 0 Å². The zero-order chi connectivity index (χ0) is 13.9. The van der Waals surface area contributed by atoms with Crippen LogP contribution in [0.4, 0.5) is 0 Å². The van der Waals surface area contributed by atoms with Crippen LogP contribution in [0, 0.1) is 5.92 Å². The predicted octanol–water partition coefficient (Wildman–Crippen LogP) is 1.42. The summed E-state index contributed by atoms with van der Waals surface area (Å²) in [5, 5.41) is 14.1. The van der Waals surface area contributed by atoms with Crippen molar-refractivity contribution in [2.45, 2.75) is 51.5 Å². The molecule has 0 radical (unpaired) electrons. The third-order valence-electron chi connectivity index (χ3n) is 4.88. The van der Waals surface area contributed by atoms with E-state index < -0.39 is 0 Å². The Morgan fingerprint density at radius 1 is 1.20 bits per heavy atom. The van der Waals surface area contributed by atoms with Crippen molar-refractivity contribution in [2.24, 2.45) is 5.92 Å². The van der Waals surface area contributed by atoms with Gasteiger partial charge in [-0.1, -0.05) is 6.92 Å². The molecule has 0 amide bonds. The van der Waals surface area contributed by atoms with Gasteiger partial charge in [-0.15, -0.1) is 0 Å². The minimum absolute atomic E-state index is 0.201. The molecule has 112 valence electrons. The molecule has 3 rings (SSSR count). The van der Waals surface area contributed by atoms with Crippen molar-refractivity contribution in [1.29, 1.82) is 0 Å². The first kappa shape index (κ1) is 14.0. The molecule has 0 bridgehead atoms. The van der Waals surface area contributed by atoms with Crippen molar-refractivity contribution < 1.29 is 5.11 Å². The number of aliphatic hydroxyl groups excluding tert-OH is 1. The smallest absolute Gasteiger partial charge is 0.151 e. The maximum atomic E-state index is 9.44. The van der Waals surface area contributed by atoms with E-state index in [1.54, 1.807) is 0 Å². The summed E-state index contributed by atoms with van der Waals surface area (Å²) < 4.78 is 2.03. The van der Waals surface area contributed by atoms with E-state index in [2.05, 4.69) is 16.9 Å². The van der Waals surface area contributed by atoms with Gasteiger partial charge in [0.2, 0.25) is 0 Å². The van der Waals surface area contributed by atoms with Gasteiger partial charge >= 0.3 is 0 Å². The molecule has 2 aliphatic rings. The Kier molecular flexibility index (Phi) is 4.36. The second-order valence-electron chi connectivity index (χ2n) is 6.21. The summed E-state index contributed by atoms with van der Waals surface area (Å²) in [6.45, 7) is 7.00. The monoisotopic (exact) mass is 278 g/mol. The van der Waals surface area contributed by atoms with Crippen molar-refractivity contribution in [3.8, 4) is 0 Å². The van der Waals surface area contributed by atoms with Gasteiger partial charge in [-0.05, 0) is 51.2 Å². The minimum Gasteiger partial charge on any atom is -0.396 e. The third kappa shape index (κ3) is 2.88. The normalized spacial score (nSPS) is 24.8. The summed E-state index contributed by atoms with van der Waals surface area (Å²) in [5.41, 5.74) is 0. The Balaban J connectivity index is 1.63. The van der Waals surface area contributed by atoms with E-state index >= 15 is 0 Å². The number of likely N-dealkylation sites (tertiary alicyclic amines) is 1. The van der Waals surface area contributed by atoms with Crippen LogP contribution in [0.1, 0.15) is 50.2 Å². The molecule has 0 aromatic carbocycles. The number of rotatable bonds is 4. The van der Waals surface area contributed by atoms with Gasteiger partial charge in [-0.2, -0.15) is 5.10 Å². The topological polar surface area (TPSA) is 54.2 Å². The molecular formula is C15H26N4O. The lowest BCUT2D eigenvalue weighted by Crippen LogP contribution is -2.34. The molecule has 1 atom stereocenters.